The number of benzene rings is 1. The van der Waals surface area contributed by atoms with Gasteiger partial charge >= 0.3 is 5.69 Å². The smallest absolute Gasteiger partial charge is 0.330 e. The average molecular weight is 307 g/mol. The fourth-order valence-electron chi connectivity index (χ4n) is 3.10. The van der Waals surface area contributed by atoms with Crippen LogP contribution in [0.4, 0.5) is 0 Å². The van der Waals surface area contributed by atoms with E-state index in [1.165, 1.54) is 0 Å². The van der Waals surface area contributed by atoms with E-state index in [-0.39, 0.29) is 5.69 Å². The molecule has 2 aromatic rings. The van der Waals surface area contributed by atoms with Gasteiger partial charge in [-0.2, -0.15) is 5.10 Å². The van der Waals surface area contributed by atoms with Gasteiger partial charge in [-0.3, -0.25) is 0 Å². The Morgan fingerprint density at radius 3 is 2.76 bits per heavy atom. The summed E-state index contributed by atoms with van der Waals surface area (Å²) in [6, 6.07) is 7.29. The van der Waals surface area contributed by atoms with Gasteiger partial charge in [-0.05, 0) is 56.3 Å². The maximum atomic E-state index is 12.1. The van der Waals surface area contributed by atoms with Crippen molar-refractivity contribution >= 4 is 11.6 Å². The lowest BCUT2D eigenvalue weighted by atomic mass is 9.81. The number of nitrogens with zero attached hydrogens (tertiary/aromatic N) is 2. The largest absolute Gasteiger partial charge is 0.347 e. The first kappa shape index (κ1) is 14.4. The summed E-state index contributed by atoms with van der Waals surface area (Å²) in [7, 11) is 0. The Labute approximate surface area is 128 Å². The lowest BCUT2D eigenvalue weighted by Crippen LogP contribution is -2.24. The first-order chi connectivity index (χ1) is 10.2. The zero-order chi connectivity index (χ0) is 14.8. The molecule has 0 radical (unpaired) electrons. The molecule has 3 N–H and O–H groups in total. The molecule has 5 nitrogen and oxygen atoms in total. The molecule has 1 heterocycles. The van der Waals surface area contributed by atoms with Gasteiger partial charge < -0.3 is 5.73 Å². The molecule has 1 aromatic carbocycles. The van der Waals surface area contributed by atoms with E-state index in [1.807, 2.05) is 12.1 Å². The molecule has 0 bridgehead atoms. The van der Waals surface area contributed by atoms with E-state index in [1.54, 1.807) is 16.7 Å². The predicted molar refractivity (Wildman–Crippen MR) is 82.9 cm³/mol. The molecule has 1 fully saturated rings. The van der Waals surface area contributed by atoms with Crippen molar-refractivity contribution in [3.8, 4) is 5.69 Å². The highest BCUT2D eigenvalue weighted by Crippen LogP contribution is 2.34. The van der Waals surface area contributed by atoms with Gasteiger partial charge in [0, 0.05) is 10.9 Å². The van der Waals surface area contributed by atoms with Crippen molar-refractivity contribution in [1.82, 2.24) is 14.8 Å². The maximum Gasteiger partial charge on any atom is 0.347 e. The molecule has 1 aromatic heterocycles. The molecule has 0 atom stereocenters. The third kappa shape index (κ3) is 2.89. The van der Waals surface area contributed by atoms with Crippen molar-refractivity contribution in [1.29, 1.82) is 0 Å². The number of hydrogen-bond donors (Lipinski definition) is 2. The second-order valence-corrected chi connectivity index (χ2v) is 6.09. The second-order valence-electron chi connectivity index (χ2n) is 5.66. The topological polar surface area (TPSA) is 76.7 Å². The number of nitrogens with two attached hydrogens (primary N) is 1. The zero-order valence-corrected chi connectivity index (χ0v) is 12.5. The monoisotopic (exact) mass is 306 g/mol. The standard InChI is InChI=1S/C15H19ClN4O/c16-12-2-1-3-13(8-12)20-14(18-19-15(20)21)11-6-4-10(9-17)5-7-11/h1-3,8,10-11H,4-7,9,17H2,(H,19,21). The summed E-state index contributed by atoms with van der Waals surface area (Å²) in [5, 5.41) is 7.42. The van der Waals surface area contributed by atoms with Gasteiger partial charge in [-0.1, -0.05) is 17.7 Å². The highest BCUT2D eigenvalue weighted by Gasteiger charge is 2.26. The summed E-state index contributed by atoms with van der Waals surface area (Å²) in [5.74, 6) is 1.70. The Morgan fingerprint density at radius 2 is 2.10 bits per heavy atom. The van der Waals surface area contributed by atoms with Crippen molar-refractivity contribution in [3.05, 3.63) is 45.6 Å². The van der Waals surface area contributed by atoms with Gasteiger partial charge in [-0.25, -0.2) is 14.5 Å². The molecule has 1 saturated carbocycles. The summed E-state index contributed by atoms with van der Waals surface area (Å²) in [6.45, 7) is 0.744. The number of H-pyrrole nitrogens is 1. The zero-order valence-electron chi connectivity index (χ0n) is 11.8. The van der Waals surface area contributed by atoms with E-state index in [9.17, 15) is 4.79 Å². The van der Waals surface area contributed by atoms with Crippen LogP contribution in [0.25, 0.3) is 5.69 Å². The van der Waals surface area contributed by atoms with E-state index in [4.69, 9.17) is 17.3 Å². The van der Waals surface area contributed by atoms with Crippen LogP contribution in [0, 0.1) is 5.92 Å². The van der Waals surface area contributed by atoms with Crippen molar-refractivity contribution in [2.24, 2.45) is 11.7 Å². The van der Waals surface area contributed by atoms with E-state index < -0.39 is 0 Å². The normalized spacial score (nSPS) is 22.4. The van der Waals surface area contributed by atoms with Crippen LogP contribution >= 0.6 is 11.6 Å². The fourth-order valence-corrected chi connectivity index (χ4v) is 3.29. The highest BCUT2D eigenvalue weighted by molar-refractivity contribution is 6.30. The average Bonchev–Trinajstić information content (AvgIpc) is 2.89. The van der Waals surface area contributed by atoms with Crippen LogP contribution in [0.3, 0.4) is 0 Å². The Morgan fingerprint density at radius 1 is 1.33 bits per heavy atom. The van der Waals surface area contributed by atoms with Gasteiger partial charge in [0.2, 0.25) is 0 Å². The van der Waals surface area contributed by atoms with E-state index in [2.05, 4.69) is 10.2 Å². The molecule has 6 heteroatoms. The van der Waals surface area contributed by atoms with Gasteiger partial charge in [0.05, 0.1) is 5.69 Å². The minimum atomic E-state index is -0.215. The van der Waals surface area contributed by atoms with Crippen LogP contribution in [-0.4, -0.2) is 21.3 Å². The molecule has 0 amide bonds. The molecule has 3 rings (SSSR count). The number of aromatic nitrogens is 3. The molecule has 0 saturated heterocycles. The molecule has 0 spiro atoms. The number of rotatable bonds is 3. The molecule has 0 aliphatic heterocycles. The molecular weight excluding hydrogens is 288 g/mol. The fraction of sp³-hybridized carbons (Fsp3) is 0.467. The lowest BCUT2D eigenvalue weighted by Gasteiger charge is -2.27. The van der Waals surface area contributed by atoms with Crippen LogP contribution in [-0.2, 0) is 0 Å². The minimum absolute atomic E-state index is 0.215. The SMILES string of the molecule is NCC1CCC(c2n[nH]c(=O)n2-c2cccc(Cl)c2)CC1. The lowest BCUT2D eigenvalue weighted by molar-refractivity contribution is 0.323. The molecule has 0 unspecified atom stereocenters. The Bertz CT molecular complexity index is 670. The Kier molecular flexibility index (Phi) is 4.12. The number of halogens is 1. The molecule has 1 aliphatic rings. The van der Waals surface area contributed by atoms with Crippen LogP contribution in [0.5, 0.6) is 0 Å². The van der Waals surface area contributed by atoms with Crippen LogP contribution in [0.1, 0.15) is 37.4 Å². The van der Waals surface area contributed by atoms with Crippen molar-refractivity contribution in [3.63, 3.8) is 0 Å². The van der Waals surface area contributed by atoms with Gasteiger partial charge in [0.25, 0.3) is 0 Å². The predicted octanol–water partition coefficient (Wildman–Crippen LogP) is 2.45. The number of hydrogen-bond acceptors (Lipinski definition) is 3. The van der Waals surface area contributed by atoms with Gasteiger partial charge in [0.1, 0.15) is 5.82 Å². The number of aromatic amines is 1. The summed E-state index contributed by atoms with van der Waals surface area (Å²) in [5.41, 5.74) is 6.28. The highest BCUT2D eigenvalue weighted by atomic mass is 35.5. The van der Waals surface area contributed by atoms with Crippen LogP contribution in [0.2, 0.25) is 5.02 Å². The minimum Gasteiger partial charge on any atom is -0.330 e. The Balaban J connectivity index is 1.93. The third-order valence-corrected chi connectivity index (χ3v) is 4.55. The second kappa shape index (κ2) is 6.03. The van der Waals surface area contributed by atoms with E-state index in [0.29, 0.717) is 16.9 Å². The first-order valence-corrected chi connectivity index (χ1v) is 7.70. The summed E-state index contributed by atoms with van der Waals surface area (Å²) in [4.78, 5) is 12.1. The van der Waals surface area contributed by atoms with E-state index in [0.717, 1.165) is 43.7 Å². The van der Waals surface area contributed by atoms with Crippen molar-refractivity contribution in [2.75, 3.05) is 6.54 Å². The first-order valence-electron chi connectivity index (χ1n) is 7.32. The van der Waals surface area contributed by atoms with Gasteiger partial charge in [0.15, 0.2) is 0 Å². The number of nitrogens with one attached hydrogen (secondary N) is 1. The van der Waals surface area contributed by atoms with Crippen LogP contribution < -0.4 is 11.4 Å². The third-order valence-electron chi connectivity index (χ3n) is 4.31. The van der Waals surface area contributed by atoms with Crippen LogP contribution in [0.15, 0.2) is 29.1 Å². The molecule has 112 valence electrons. The molecule has 21 heavy (non-hydrogen) atoms. The van der Waals surface area contributed by atoms with Gasteiger partial charge in [-0.15, -0.1) is 0 Å². The quantitative estimate of drug-likeness (QED) is 0.914. The molecule has 1 aliphatic carbocycles. The van der Waals surface area contributed by atoms with E-state index >= 15 is 0 Å². The summed E-state index contributed by atoms with van der Waals surface area (Å²) in [6.07, 6.45) is 4.23. The summed E-state index contributed by atoms with van der Waals surface area (Å²) < 4.78 is 1.64. The maximum absolute atomic E-state index is 12.1. The van der Waals surface area contributed by atoms with Crippen molar-refractivity contribution < 1.29 is 0 Å². The summed E-state index contributed by atoms with van der Waals surface area (Å²) >= 11 is 6.03. The molecular formula is C15H19ClN4O. The Hall–Kier alpha value is -1.59. The van der Waals surface area contributed by atoms with Crippen molar-refractivity contribution in [2.45, 2.75) is 31.6 Å².